The first-order valence-corrected chi connectivity index (χ1v) is 11.3. The molecule has 2 aromatic carbocycles. The Labute approximate surface area is 197 Å². The topological polar surface area (TPSA) is 82.5 Å². The third-order valence-corrected chi connectivity index (χ3v) is 6.07. The van der Waals surface area contributed by atoms with Gasteiger partial charge in [-0.1, -0.05) is 48.0 Å². The number of para-hydroxylation sites is 1. The molecule has 2 aromatic heterocycles. The van der Waals surface area contributed by atoms with Crippen molar-refractivity contribution in [1.82, 2.24) is 19.9 Å². The van der Waals surface area contributed by atoms with Crippen LogP contribution in [0.15, 0.2) is 65.6 Å². The number of benzene rings is 2. The van der Waals surface area contributed by atoms with Gasteiger partial charge < -0.3 is 10.2 Å². The van der Waals surface area contributed by atoms with Crippen LogP contribution in [0.3, 0.4) is 0 Å². The molecule has 8 heteroatoms. The molecule has 0 spiro atoms. The van der Waals surface area contributed by atoms with E-state index in [4.69, 9.17) is 11.6 Å². The summed E-state index contributed by atoms with van der Waals surface area (Å²) in [7, 11) is 0. The van der Waals surface area contributed by atoms with Crippen LogP contribution in [-0.4, -0.2) is 40.1 Å². The van der Waals surface area contributed by atoms with Crippen molar-refractivity contribution in [3.63, 3.8) is 0 Å². The van der Waals surface area contributed by atoms with E-state index in [1.165, 1.54) is 10.7 Å². The lowest BCUT2D eigenvalue weighted by Crippen LogP contribution is -2.35. The number of aromatic nitrogens is 3. The van der Waals surface area contributed by atoms with Gasteiger partial charge in [0.2, 0.25) is 0 Å². The van der Waals surface area contributed by atoms with E-state index in [1.54, 1.807) is 13.0 Å². The summed E-state index contributed by atoms with van der Waals surface area (Å²) in [6.45, 7) is 5.82. The smallest absolute Gasteiger partial charge is 0.276 e. The second-order valence-corrected chi connectivity index (χ2v) is 8.17. The molecule has 0 unspecified atom stereocenters. The molecule has 4 rings (SSSR count). The number of likely N-dealkylation sites (N-methyl/N-ethyl adjacent to an activating group) is 1. The van der Waals surface area contributed by atoms with Gasteiger partial charge >= 0.3 is 0 Å². The van der Waals surface area contributed by atoms with E-state index in [-0.39, 0.29) is 11.5 Å². The highest BCUT2D eigenvalue weighted by Gasteiger charge is 2.19. The lowest BCUT2D eigenvalue weighted by atomic mass is 10.0. The minimum atomic E-state index is -0.275. The van der Waals surface area contributed by atoms with Crippen LogP contribution in [0.4, 0.5) is 5.69 Å². The van der Waals surface area contributed by atoms with Crippen molar-refractivity contribution in [2.24, 2.45) is 0 Å². The molecule has 2 N–H and O–H groups in total. The highest BCUT2D eigenvalue weighted by atomic mass is 35.5. The Bertz CT molecular complexity index is 1330. The number of nitrogens with one attached hydrogen (secondary N) is 2. The number of fused-ring (bicyclic) bond motifs is 1. The first-order chi connectivity index (χ1) is 16.0. The van der Waals surface area contributed by atoms with Crippen LogP contribution in [0.5, 0.6) is 0 Å². The van der Waals surface area contributed by atoms with Gasteiger partial charge in [-0.15, -0.1) is 0 Å². The number of aromatic amines is 1. The third-order valence-electron chi connectivity index (χ3n) is 5.70. The molecule has 170 valence electrons. The van der Waals surface area contributed by atoms with Crippen molar-refractivity contribution < 1.29 is 4.79 Å². The Morgan fingerprint density at radius 1 is 1.15 bits per heavy atom. The summed E-state index contributed by atoms with van der Waals surface area (Å²) in [5, 5.41) is 6.42. The van der Waals surface area contributed by atoms with E-state index in [0.29, 0.717) is 47.0 Å². The zero-order valence-corrected chi connectivity index (χ0v) is 19.4. The van der Waals surface area contributed by atoms with Gasteiger partial charge in [-0.25, -0.2) is 9.50 Å². The number of aryl methyl sites for hydroxylation is 1. The Morgan fingerprint density at radius 3 is 2.61 bits per heavy atom. The minimum Gasteiger partial charge on any atom is -0.370 e. The maximum atomic E-state index is 13.1. The Balaban J connectivity index is 1.51. The summed E-state index contributed by atoms with van der Waals surface area (Å²) in [6, 6.07) is 17.5. The second-order valence-electron chi connectivity index (χ2n) is 7.77. The minimum absolute atomic E-state index is 0.238. The maximum Gasteiger partial charge on any atom is 0.276 e. The molecule has 2 heterocycles. The number of amides is 1. The molecule has 0 fully saturated rings. The average Bonchev–Trinajstić information content (AvgIpc) is 3.25. The summed E-state index contributed by atoms with van der Waals surface area (Å²) in [4.78, 5) is 32.7. The monoisotopic (exact) mass is 463 g/mol. The molecule has 1 amide bonds. The van der Waals surface area contributed by atoms with Gasteiger partial charge in [0, 0.05) is 54.2 Å². The normalized spacial score (nSPS) is 11.0. The number of carbonyl (C=O) groups excluding carboxylic acids is 1. The predicted molar refractivity (Wildman–Crippen MR) is 131 cm³/mol. The number of rotatable bonds is 8. The van der Waals surface area contributed by atoms with Crippen molar-refractivity contribution in [2.45, 2.75) is 20.3 Å². The number of hydrogen-bond acceptors (Lipinski definition) is 4. The highest BCUT2D eigenvalue weighted by molar-refractivity contribution is 6.31. The van der Waals surface area contributed by atoms with Crippen molar-refractivity contribution >= 4 is 28.8 Å². The second kappa shape index (κ2) is 9.92. The van der Waals surface area contributed by atoms with E-state index < -0.39 is 0 Å². The van der Waals surface area contributed by atoms with Crippen molar-refractivity contribution in [2.75, 3.05) is 24.5 Å². The fourth-order valence-corrected chi connectivity index (χ4v) is 4.07. The largest absolute Gasteiger partial charge is 0.370 e. The molecule has 0 aliphatic rings. The van der Waals surface area contributed by atoms with Crippen LogP contribution in [0, 0.1) is 6.92 Å². The van der Waals surface area contributed by atoms with Gasteiger partial charge in [0.15, 0.2) is 5.65 Å². The molecule has 0 atom stereocenters. The number of carbonyl (C=O) groups is 1. The van der Waals surface area contributed by atoms with Crippen LogP contribution in [0.25, 0.3) is 5.65 Å². The van der Waals surface area contributed by atoms with E-state index in [2.05, 4.69) is 27.2 Å². The average molecular weight is 464 g/mol. The van der Waals surface area contributed by atoms with Crippen LogP contribution in [-0.2, 0) is 6.42 Å². The number of nitrogens with zero attached hydrogens (tertiary/aromatic N) is 3. The van der Waals surface area contributed by atoms with Crippen LogP contribution in [0.1, 0.15) is 34.1 Å². The van der Waals surface area contributed by atoms with Gasteiger partial charge in [-0.3, -0.25) is 14.7 Å². The number of halogens is 1. The standard InChI is InChI=1S/C25H26ClN5O2/c1-3-30(19-10-5-4-6-11-19)14-13-27-24(32)21-16-28-31-23(21)29-17(2)20(25(31)33)15-18-9-7-8-12-22(18)26/h4-12,16,28H,3,13-15H2,1-2H3,(H,27,32). The van der Waals surface area contributed by atoms with Crippen LogP contribution >= 0.6 is 11.6 Å². The fourth-order valence-electron chi connectivity index (χ4n) is 3.87. The summed E-state index contributed by atoms with van der Waals surface area (Å²) < 4.78 is 1.32. The van der Waals surface area contributed by atoms with Crippen molar-refractivity contribution in [3.8, 4) is 0 Å². The van der Waals surface area contributed by atoms with Gasteiger partial charge in [-0.2, -0.15) is 0 Å². The molecule has 0 aliphatic heterocycles. The van der Waals surface area contributed by atoms with E-state index in [1.807, 2.05) is 48.5 Å². The molecule has 7 nitrogen and oxygen atoms in total. The molecule has 4 aromatic rings. The highest BCUT2D eigenvalue weighted by Crippen LogP contribution is 2.19. The molecular weight excluding hydrogens is 438 g/mol. The quantitative estimate of drug-likeness (QED) is 0.416. The third kappa shape index (κ3) is 4.78. The number of H-pyrrole nitrogens is 1. The fraction of sp³-hybridized carbons (Fsp3) is 0.240. The molecule has 0 bridgehead atoms. The van der Waals surface area contributed by atoms with Gasteiger partial charge in [0.25, 0.3) is 11.5 Å². The van der Waals surface area contributed by atoms with Crippen LogP contribution < -0.4 is 15.8 Å². The van der Waals surface area contributed by atoms with Crippen molar-refractivity contribution in [3.05, 3.63) is 98.6 Å². The lowest BCUT2D eigenvalue weighted by molar-refractivity contribution is 0.0956. The molecule has 0 radical (unpaired) electrons. The van der Waals surface area contributed by atoms with E-state index in [0.717, 1.165) is 17.8 Å². The molecular formula is C25H26ClN5O2. The van der Waals surface area contributed by atoms with Gasteiger partial charge in [0.1, 0.15) is 5.56 Å². The zero-order valence-electron chi connectivity index (χ0n) is 18.6. The van der Waals surface area contributed by atoms with E-state index >= 15 is 0 Å². The SMILES string of the molecule is CCN(CCNC(=O)c1c[nH]n2c(=O)c(Cc3ccccc3Cl)c(C)nc12)c1ccccc1. The summed E-state index contributed by atoms with van der Waals surface area (Å²) in [5.41, 5.74) is 3.49. The Morgan fingerprint density at radius 2 is 1.88 bits per heavy atom. The zero-order chi connectivity index (χ0) is 23.4. The predicted octanol–water partition coefficient (Wildman–Crippen LogP) is 3.83. The number of anilines is 1. The molecule has 0 saturated heterocycles. The van der Waals surface area contributed by atoms with Gasteiger partial charge in [0.05, 0.1) is 0 Å². The Hall–Kier alpha value is -3.58. The first-order valence-electron chi connectivity index (χ1n) is 10.9. The maximum absolute atomic E-state index is 13.1. The molecule has 0 saturated carbocycles. The Kier molecular flexibility index (Phi) is 6.79. The van der Waals surface area contributed by atoms with Gasteiger partial charge in [-0.05, 0) is 37.6 Å². The van der Waals surface area contributed by atoms with Crippen LogP contribution in [0.2, 0.25) is 5.02 Å². The summed E-state index contributed by atoms with van der Waals surface area (Å²) in [5.74, 6) is -0.275. The number of hydrogen-bond donors (Lipinski definition) is 2. The molecule has 0 aliphatic carbocycles. The molecule has 33 heavy (non-hydrogen) atoms. The lowest BCUT2D eigenvalue weighted by Gasteiger charge is -2.23. The first kappa shape index (κ1) is 22.6. The summed E-state index contributed by atoms with van der Waals surface area (Å²) >= 11 is 6.27. The van der Waals surface area contributed by atoms with E-state index in [9.17, 15) is 9.59 Å². The summed E-state index contributed by atoms with van der Waals surface area (Å²) in [6.07, 6.45) is 1.89. The van der Waals surface area contributed by atoms with Crippen molar-refractivity contribution in [1.29, 1.82) is 0 Å².